The zero-order valence-electron chi connectivity index (χ0n) is 11.8. The van der Waals surface area contributed by atoms with Crippen LogP contribution in [0.1, 0.15) is 47.0 Å². The highest BCUT2D eigenvalue weighted by molar-refractivity contribution is 5.78. The van der Waals surface area contributed by atoms with Crippen molar-refractivity contribution in [2.45, 2.75) is 58.5 Å². The number of carboxylic acids is 1. The minimum atomic E-state index is -0.934. The number of hydrogen-bond donors (Lipinski definition) is 1. The van der Waals surface area contributed by atoms with E-state index >= 15 is 0 Å². The lowest BCUT2D eigenvalue weighted by molar-refractivity contribution is -0.156. The Kier molecular flexibility index (Phi) is 7.39. The Hall–Kier alpha value is -0.610. The Labute approximate surface area is 105 Å². The maximum atomic E-state index is 11.5. The molecule has 17 heavy (non-hydrogen) atoms. The zero-order chi connectivity index (χ0) is 13.5. The van der Waals surface area contributed by atoms with Gasteiger partial charge < -0.3 is 9.84 Å². The monoisotopic (exact) mass is 245 g/mol. The second-order valence-corrected chi connectivity index (χ2v) is 5.01. The van der Waals surface area contributed by atoms with Gasteiger partial charge in [-0.2, -0.15) is 0 Å². The van der Waals surface area contributed by atoms with Gasteiger partial charge in [0.2, 0.25) is 0 Å². The third-order valence-corrected chi connectivity index (χ3v) is 3.15. The normalized spacial score (nSPS) is 15.2. The van der Waals surface area contributed by atoms with Crippen LogP contribution in [0.3, 0.4) is 0 Å². The smallest absolute Gasteiger partial charge is 0.326 e. The molecule has 0 rings (SSSR count). The summed E-state index contributed by atoms with van der Waals surface area (Å²) in [7, 11) is 1.55. The van der Waals surface area contributed by atoms with Crippen LogP contribution in [0, 0.1) is 0 Å². The molecule has 0 fully saturated rings. The number of rotatable bonds is 9. The molecule has 1 unspecified atom stereocenters. The van der Waals surface area contributed by atoms with Gasteiger partial charge in [0.1, 0.15) is 5.54 Å². The third-order valence-electron chi connectivity index (χ3n) is 3.15. The Morgan fingerprint density at radius 2 is 2.00 bits per heavy atom. The number of methoxy groups -OCH3 is 1. The lowest BCUT2D eigenvalue weighted by Gasteiger charge is -2.40. The lowest BCUT2D eigenvalue weighted by atomic mass is 9.98. The summed E-state index contributed by atoms with van der Waals surface area (Å²) < 4.78 is 5.08. The Bertz CT molecular complexity index is 231. The molecule has 0 aromatic heterocycles. The fourth-order valence-electron chi connectivity index (χ4n) is 2.16. The minimum absolute atomic E-state index is 0.197. The molecule has 0 aliphatic rings. The molecule has 4 nitrogen and oxygen atoms in total. The molecule has 0 saturated carbocycles. The molecule has 0 bridgehead atoms. The van der Waals surface area contributed by atoms with Gasteiger partial charge in [0.15, 0.2) is 0 Å². The molecule has 102 valence electrons. The number of nitrogens with zero attached hydrogens (tertiary/aromatic N) is 1. The van der Waals surface area contributed by atoms with E-state index in [0.29, 0.717) is 0 Å². The summed E-state index contributed by atoms with van der Waals surface area (Å²) in [5.41, 5.74) is -0.934. The first-order valence-corrected chi connectivity index (χ1v) is 6.39. The number of ether oxygens (including phenoxy) is 1. The first-order valence-electron chi connectivity index (χ1n) is 6.39. The van der Waals surface area contributed by atoms with E-state index in [1.165, 1.54) is 0 Å². The molecular weight excluding hydrogens is 218 g/mol. The van der Waals surface area contributed by atoms with Crippen LogP contribution in [-0.2, 0) is 9.53 Å². The Morgan fingerprint density at radius 3 is 2.35 bits per heavy atom. The summed E-state index contributed by atoms with van der Waals surface area (Å²) in [5.74, 6) is -0.815. The highest BCUT2D eigenvalue weighted by Gasteiger charge is 2.40. The first kappa shape index (κ1) is 16.4. The average Bonchev–Trinajstić information content (AvgIpc) is 2.23. The van der Waals surface area contributed by atoms with Crippen LogP contribution < -0.4 is 0 Å². The summed E-state index contributed by atoms with van der Waals surface area (Å²) in [4.78, 5) is 13.5. The molecule has 0 aromatic rings. The summed E-state index contributed by atoms with van der Waals surface area (Å²) >= 11 is 0. The van der Waals surface area contributed by atoms with Crippen molar-refractivity contribution in [3.63, 3.8) is 0 Å². The Balaban J connectivity index is 4.77. The summed E-state index contributed by atoms with van der Waals surface area (Å²) in [6, 6.07) is 0.197. The molecule has 0 saturated heterocycles. The van der Waals surface area contributed by atoms with Crippen LogP contribution in [0.2, 0.25) is 0 Å². The summed E-state index contributed by atoms with van der Waals surface area (Å²) in [5, 5.41) is 9.42. The minimum Gasteiger partial charge on any atom is -0.480 e. The number of hydrogen-bond acceptors (Lipinski definition) is 3. The predicted octanol–water partition coefficient (Wildman–Crippen LogP) is 2.38. The van der Waals surface area contributed by atoms with Crippen LogP contribution in [0.15, 0.2) is 0 Å². The lowest BCUT2D eigenvalue weighted by Crippen LogP contribution is -2.58. The van der Waals surface area contributed by atoms with Crippen molar-refractivity contribution < 1.29 is 14.6 Å². The highest BCUT2D eigenvalue weighted by atomic mass is 16.5. The molecule has 0 heterocycles. The highest BCUT2D eigenvalue weighted by Crippen LogP contribution is 2.20. The SMILES string of the molecule is CCCCCN(C(C)C)C(C)(COC)C(=O)O. The zero-order valence-corrected chi connectivity index (χ0v) is 11.8. The first-order chi connectivity index (χ1) is 7.90. The van der Waals surface area contributed by atoms with Crippen molar-refractivity contribution >= 4 is 5.97 Å². The number of carboxylic acid groups (broad SMARTS) is 1. The molecule has 0 aliphatic heterocycles. The van der Waals surface area contributed by atoms with Crippen molar-refractivity contribution in [2.24, 2.45) is 0 Å². The third kappa shape index (κ3) is 4.64. The van der Waals surface area contributed by atoms with Crippen LogP contribution >= 0.6 is 0 Å². The molecule has 0 spiro atoms. The van der Waals surface area contributed by atoms with Crippen LogP contribution in [0.5, 0.6) is 0 Å². The van der Waals surface area contributed by atoms with Crippen molar-refractivity contribution in [3.8, 4) is 0 Å². The fourth-order valence-corrected chi connectivity index (χ4v) is 2.16. The van der Waals surface area contributed by atoms with Crippen molar-refractivity contribution in [2.75, 3.05) is 20.3 Å². The standard InChI is InChI=1S/C13H27NO3/c1-6-7-8-9-14(11(2)3)13(4,10-17-5)12(15)16/h11H,6-10H2,1-5H3,(H,15,16). The van der Waals surface area contributed by atoms with Crippen LogP contribution in [0.4, 0.5) is 0 Å². The van der Waals surface area contributed by atoms with Gasteiger partial charge >= 0.3 is 5.97 Å². The van der Waals surface area contributed by atoms with E-state index in [0.717, 1.165) is 25.8 Å². The van der Waals surface area contributed by atoms with Crippen LogP contribution in [-0.4, -0.2) is 47.8 Å². The van der Waals surface area contributed by atoms with Gasteiger partial charge in [-0.3, -0.25) is 9.69 Å². The average molecular weight is 245 g/mol. The van der Waals surface area contributed by atoms with Crippen molar-refractivity contribution in [1.82, 2.24) is 4.90 Å². The predicted molar refractivity (Wildman–Crippen MR) is 69.3 cm³/mol. The molecule has 1 atom stereocenters. The summed E-state index contributed by atoms with van der Waals surface area (Å²) in [6.45, 7) is 8.96. The van der Waals surface area contributed by atoms with Gasteiger partial charge in [-0.25, -0.2) is 0 Å². The van der Waals surface area contributed by atoms with Gasteiger partial charge in [-0.15, -0.1) is 0 Å². The van der Waals surface area contributed by atoms with Crippen molar-refractivity contribution in [1.29, 1.82) is 0 Å². The van der Waals surface area contributed by atoms with E-state index in [4.69, 9.17) is 4.74 Å². The Morgan fingerprint density at radius 1 is 1.41 bits per heavy atom. The van der Waals surface area contributed by atoms with Gasteiger partial charge in [-0.1, -0.05) is 19.8 Å². The van der Waals surface area contributed by atoms with Gasteiger partial charge in [-0.05, 0) is 33.7 Å². The second-order valence-electron chi connectivity index (χ2n) is 5.01. The molecule has 0 radical (unpaired) electrons. The van der Waals surface area contributed by atoms with Crippen LogP contribution in [0.25, 0.3) is 0 Å². The molecule has 4 heteroatoms. The summed E-state index contributed by atoms with van der Waals surface area (Å²) in [6.07, 6.45) is 3.30. The second kappa shape index (κ2) is 7.67. The number of aliphatic carboxylic acids is 1. The number of unbranched alkanes of at least 4 members (excludes halogenated alkanes) is 2. The molecular formula is C13H27NO3. The molecule has 1 N–H and O–H groups in total. The van der Waals surface area contributed by atoms with E-state index in [2.05, 4.69) is 6.92 Å². The topological polar surface area (TPSA) is 49.8 Å². The van der Waals surface area contributed by atoms with E-state index in [1.54, 1.807) is 14.0 Å². The molecule has 0 aliphatic carbocycles. The van der Waals surface area contributed by atoms with Crippen molar-refractivity contribution in [3.05, 3.63) is 0 Å². The molecule has 0 amide bonds. The van der Waals surface area contributed by atoms with E-state index in [1.807, 2.05) is 18.7 Å². The van der Waals surface area contributed by atoms with Gasteiger partial charge in [0.25, 0.3) is 0 Å². The van der Waals surface area contributed by atoms with Gasteiger partial charge in [0, 0.05) is 13.2 Å². The quantitative estimate of drug-likeness (QED) is 0.634. The fraction of sp³-hybridized carbons (Fsp3) is 0.923. The molecule has 0 aromatic carbocycles. The van der Waals surface area contributed by atoms with E-state index in [9.17, 15) is 9.90 Å². The van der Waals surface area contributed by atoms with Gasteiger partial charge in [0.05, 0.1) is 6.61 Å². The van der Waals surface area contributed by atoms with E-state index < -0.39 is 11.5 Å². The maximum Gasteiger partial charge on any atom is 0.326 e. The van der Waals surface area contributed by atoms with E-state index in [-0.39, 0.29) is 12.6 Å². The largest absolute Gasteiger partial charge is 0.480 e. The maximum absolute atomic E-state index is 11.5. The number of carbonyl (C=O) groups is 1.